The number of nitrogens with two attached hydrogens (primary N) is 1. The van der Waals surface area contributed by atoms with Crippen molar-refractivity contribution in [3.05, 3.63) is 18.1 Å². The lowest BCUT2D eigenvalue weighted by atomic mass is 9.92. The molecule has 0 aromatic carbocycles. The van der Waals surface area contributed by atoms with E-state index < -0.39 is 5.92 Å². The fourth-order valence-electron chi connectivity index (χ4n) is 2.96. The van der Waals surface area contributed by atoms with Gasteiger partial charge in [-0.05, 0) is 19.8 Å². The van der Waals surface area contributed by atoms with E-state index in [4.69, 9.17) is 5.73 Å². The minimum absolute atomic E-state index is 0.000352. The molecule has 24 heavy (non-hydrogen) atoms. The van der Waals surface area contributed by atoms with Crippen LogP contribution in [-0.4, -0.2) is 32.7 Å². The van der Waals surface area contributed by atoms with Crippen LogP contribution in [0, 0.1) is 6.92 Å². The van der Waals surface area contributed by atoms with Gasteiger partial charge in [0.2, 0.25) is 11.9 Å². The first-order valence-corrected chi connectivity index (χ1v) is 7.89. The van der Waals surface area contributed by atoms with Crippen LogP contribution < -0.4 is 16.4 Å². The molecule has 2 aromatic heterocycles. The first kappa shape index (κ1) is 16.4. The second-order valence-electron chi connectivity index (χ2n) is 6.05. The molecule has 1 fully saturated rings. The molecule has 1 saturated carbocycles. The predicted octanol–water partition coefficient (Wildman–Crippen LogP) is 3.10. The molecular weight excluding hydrogens is 316 g/mol. The average molecular weight is 337 g/mol. The minimum Gasteiger partial charge on any atom is -0.394 e. The topological polar surface area (TPSA) is 93.7 Å². The van der Waals surface area contributed by atoms with Crippen molar-refractivity contribution in [3.63, 3.8) is 0 Å². The quantitative estimate of drug-likeness (QED) is 0.794. The minimum atomic E-state index is -2.54. The smallest absolute Gasteiger partial charge is 0.248 e. The monoisotopic (exact) mass is 337 g/mol. The van der Waals surface area contributed by atoms with Gasteiger partial charge in [-0.15, -0.1) is 0 Å². The highest BCUT2D eigenvalue weighted by atomic mass is 19.3. The highest BCUT2D eigenvalue weighted by molar-refractivity contribution is 5.64. The molecule has 1 aliphatic rings. The molecule has 4 N–H and O–H groups in total. The SMILES string of the molecule is CNc1nc(Nc2cnn(C3CCC(F)(F)CC3)c2C)ncc1N. The Labute approximate surface area is 138 Å². The molecule has 0 bridgehead atoms. The Hall–Kier alpha value is -2.45. The highest BCUT2D eigenvalue weighted by Gasteiger charge is 2.36. The van der Waals surface area contributed by atoms with Crippen molar-refractivity contribution in [2.45, 2.75) is 44.6 Å². The molecule has 0 saturated heterocycles. The van der Waals surface area contributed by atoms with Crippen molar-refractivity contribution in [3.8, 4) is 0 Å². The molecular formula is C15H21F2N7. The Morgan fingerprint density at radius 2 is 2.00 bits per heavy atom. The third-order valence-electron chi connectivity index (χ3n) is 4.38. The molecule has 7 nitrogen and oxygen atoms in total. The van der Waals surface area contributed by atoms with E-state index in [0.29, 0.717) is 30.3 Å². The van der Waals surface area contributed by atoms with Gasteiger partial charge in [0.25, 0.3) is 0 Å². The Kier molecular flexibility index (Phi) is 4.25. The summed E-state index contributed by atoms with van der Waals surface area (Å²) in [5, 5.41) is 10.4. The van der Waals surface area contributed by atoms with Crippen LogP contribution in [-0.2, 0) is 0 Å². The van der Waals surface area contributed by atoms with Crippen LogP contribution in [0.2, 0.25) is 0 Å². The maximum absolute atomic E-state index is 13.3. The third-order valence-corrected chi connectivity index (χ3v) is 4.38. The van der Waals surface area contributed by atoms with Gasteiger partial charge in [-0.25, -0.2) is 13.8 Å². The standard InChI is InChI=1S/C15H21F2N7/c1-9-12(22-14-20-7-11(18)13(19-2)23-14)8-21-24(9)10-3-5-15(16,17)6-4-10/h7-8,10H,3-6,18H2,1-2H3,(H2,19,20,22,23). The molecule has 2 aromatic rings. The van der Waals surface area contributed by atoms with E-state index in [1.165, 1.54) is 6.20 Å². The van der Waals surface area contributed by atoms with Gasteiger partial charge in [-0.1, -0.05) is 0 Å². The maximum Gasteiger partial charge on any atom is 0.248 e. The molecule has 2 heterocycles. The molecule has 0 unspecified atom stereocenters. The summed E-state index contributed by atoms with van der Waals surface area (Å²) in [5.41, 5.74) is 7.83. The number of rotatable bonds is 4. The predicted molar refractivity (Wildman–Crippen MR) is 88.7 cm³/mol. The second kappa shape index (κ2) is 6.21. The van der Waals surface area contributed by atoms with Crippen LogP contribution in [0.5, 0.6) is 0 Å². The summed E-state index contributed by atoms with van der Waals surface area (Å²) in [6, 6.07) is 0.000352. The van der Waals surface area contributed by atoms with Gasteiger partial charge in [0.05, 0.1) is 35.5 Å². The normalized spacial score (nSPS) is 17.7. The van der Waals surface area contributed by atoms with Gasteiger partial charge >= 0.3 is 0 Å². The molecule has 9 heteroatoms. The largest absolute Gasteiger partial charge is 0.394 e. The zero-order valence-electron chi connectivity index (χ0n) is 13.7. The summed E-state index contributed by atoms with van der Waals surface area (Å²) in [5.74, 6) is -1.61. The zero-order chi connectivity index (χ0) is 17.3. The molecule has 130 valence electrons. The molecule has 3 rings (SSSR count). The Balaban J connectivity index is 1.76. The van der Waals surface area contributed by atoms with Crippen LogP contribution in [0.1, 0.15) is 37.4 Å². The summed E-state index contributed by atoms with van der Waals surface area (Å²) < 4.78 is 28.4. The third kappa shape index (κ3) is 3.24. The van der Waals surface area contributed by atoms with Crippen LogP contribution in [0.25, 0.3) is 0 Å². The summed E-state index contributed by atoms with van der Waals surface area (Å²) in [6.07, 6.45) is 3.86. The number of alkyl halides is 2. The number of halogens is 2. The van der Waals surface area contributed by atoms with Crippen molar-refractivity contribution in [1.29, 1.82) is 0 Å². The van der Waals surface area contributed by atoms with Crippen molar-refractivity contribution < 1.29 is 8.78 Å². The zero-order valence-corrected chi connectivity index (χ0v) is 13.7. The van der Waals surface area contributed by atoms with Crippen molar-refractivity contribution in [1.82, 2.24) is 19.7 Å². The summed E-state index contributed by atoms with van der Waals surface area (Å²) >= 11 is 0. The molecule has 0 aliphatic heterocycles. The number of nitrogens with zero attached hydrogens (tertiary/aromatic N) is 4. The average Bonchev–Trinajstić information content (AvgIpc) is 2.90. The Bertz CT molecular complexity index is 719. The Morgan fingerprint density at radius 1 is 1.29 bits per heavy atom. The molecule has 0 amide bonds. The molecule has 0 atom stereocenters. The molecule has 0 radical (unpaired) electrons. The van der Waals surface area contributed by atoms with Crippen molar-refractivity contribution >= 4 is 23.1 Å². The first-order chi connectivity index (χ1) is 11.4. The summed E-state index contributed by atoms with van der Waals surface area (Å²) in [6.45, 7) is 1.90. The lowest BCUT2D eigenvalue weighted by Gasteiger charge is -2.29. The Morgan fingerprint density at radius 3 is 2.67 bits per heavy atom. The number of hydrogen-bond acceptors (Lipinski definition) is 6. The summed E-state index contributed by atoms with van der Waals surface area (Å²) in [7, 11) is 1.73. The maximum atomic E-state index is 13.3. The number of anilines is 4. The number of nitrogen functional groups attached to an aromatic ring is 1. The van der Waals surface area contributed by atoms with Gasteiger partial charge in [0.1, 0.15) is 0 Å². The molecule has 1 aliphatic carbocycles. The van der Waals surface area contributed by atoms with Gasteiger partial charge in [-0.3, -0.25) is 4.68 Å². The summed E-state index contributed by atoms with van der Waals surface area (Å²) in [4.78, 5) is 8.41. The van der Waals surface area contributed by atoms with E-state index in [0.717, 1.165) is 11.4 Å². The van der Waals surface area contributed by atoms with Gasteiger partial charge in [0.15, 0.2) is 5.82 Å². The fraction of sp³-hybridized carbons (Fsp3) is 0.533. The van der Waals surface area contributed by atoms with Crippen LogP contribution in [0.4, 0.5) is 31.9 Å². The second-order valence-corrected chi connectivity index (χ2v) is 6.05. The first-order valence-electron chi connectivity index (χ1n) is 7.89. The van der Waals surface area contributed by atoms with Gasteiger partial charge in [-0.2, -0.15) is 10.1 Å². The van der Waals surface area contributed by atoms with Crippen LogP contribution in [0.3, 0.4) is 0 Å². The highest BCUT2D eigenvalue weighted by Crippen LogP contribution is 2.39. The van der Waals surface area contributed by atoms with E-state index in [2.05, 4.69) is 25.7 Å². The van der Waals surface area contributed by atoms with Crippen LogP contribution >= 0.6 is 0 Å². The van der Waals surface area contributed by atoms with Crippen LogP contribution in [0.15, 0.2) is 12.4 Å². The van der Waals surface area contributed by atoms with E-state index in [-0.39, 0.29) is 18.9 Å². The van der Waals surface area contributed by atoms with Gasteiger partial charge in [0, 0.05) is 19.9 Å². The number of nitrogens with one attached hydrogen (secondary N) is 2. The molecule has 0 spiro atoms. The number of hydrogen-bond donors (Lipinski definition) is 3. The van der Waals surface area contributed by atoms with Gasteiger partial charge < -0.3 is 16.4 Å². The van der Waals surface area contributed by atoms with E-state index in [9.17, 15) is 8.78 Å². The lowest BCUT2D eigenvalue weighted by molar-refractivity contribution is -0.0451. The lowest BCUT2D eigenvalue weighted by Crippen LogP contribution is -2.27. The van der Waals surface area contributed by atoms with E-state index >= 15 is 0 Å². The van der Waals surface area contributed by atoms with Crippen molar-refractivity contribution in [2.24, 2.45) is 0 Å². The fourth-order valence-corrected chi connectivity index (χ4v) is 2.96. The van der Waals surface area contributed by atoms with E-state index in [1.807, 2.05) is 11.6 Å². The van der Waals surface area contributed by atoms with Crippen molar-refractivity contribution in [2.75, 3.05) is 23.4 Å². The van der Waals surface area contributed by atoms with E-state index in [1.54, 1.807) is 13.2 Å². The number of aromatic nitrogens is 4.